The molecule has 1 fully saturated rings. The number of nitrogens with one attached hydrogen (secondary N) is 4. The molecule has 0 saturated carbocycles. The number of hydrogen-bond acceptors (Lipinski definition) is 6. The van der Waals surface area contributed by atoms with Gasteiger partial charge in [0.15, 0.2) is 5.78 Å². The van der Waals surface area contributed by atoms with Crippen LogP contribution in [-0.4, -0.2) is 55.8 Å². The van der Waals surface area contributed by atoms with Gasteiger partial charge in [-0.2, -0.15) is 0 Å². The van der Waals surface area contributed by atoms with Crippen LogP contribution in [0.2, 0.25) is 0 Å². The molecule has 0 aliphatic carbocycles. The van der Waals surface area contributed by atoms with E-state index in [4.69, 9.17) is 0 Å². The summed E-state index contributed by atoms with van der Waals surface area (Å²) in [4.78, 5) is 43.4. The molecular formula is C35H34N6O3. The van der Waals surface area contributed by atoms with Crippen molar-refractivity contribution in [2.75, 3.05) is 59.4 Å². The number of piperazine rings is 1. The molecule has 0 atom stereocenters. The summed E-state index contributed by atoms with van der Waals surface area (Å²) < 4.78 is 0. The van der Waals surface area contributed by atoms with Gasteiger partial charge in [0.1, 0.15) is 0 Å². The number of urea groups is 1. The first kappa shape index (κ1) is 28.7. The van der Waals surface area contributed by atoms with Crippen molar-refractivity contribution in [3.05, 3.63) is 119 Å². The van der Waals surface area contributed by atoms with Gasteiger partial charge >= 0.3 is 6.03 Å². The number of ketones is 1. The molecule has 4 N–H and O–H groups in total. The molecule has 6 rings (SSSR count). The second kappa shape index (κ2) is 12.4. The minimum atomic E-state index is -0.403. The van der Waals surface area contributed by atoms with E-state index in [0.29, 0.717) is 33.8 Å². The van der Waals surface area contributed by atoms with Crippen LogP contribution in [0.1, 0.15) is 27.0 Å². The quantitative estimate of drug-likeness (QED) is 0.156. The Hall–Kier alpha value is -5.41. The average Bonchev–Trinajstić information content (AvgIpc) is 3.34. The molecule has 3 amide bonds. The van der Waals surface area contributed by atoms with Crippen LogP contribution >= 0.6 is 0 Å². The topological polar surface area (TPSA) is 106 Å². The zero-order valence-electron chi connectivity index (χ0n) is 24.7. The van der Waals surface area contributed by atoms with E-state index in [0.717, 1.165) is 43.0 Å². The average molecular weight is 587 g/mol. The van der Waals surface area contributed by atoms with E-state index < -0.39 is 6.03 Å². The van der Waals surface area contributed by atoms with Gasteiger partial charge in [-0.1, -0.05) is 36.4 Å². The van der Waals surface area contributed by atoms with Crippen LogP contribution in [0.15, 0.2) is 97.2 Å². The molecular weight excluding hydrogens is 552 g/mol. The standard InChI is InChI=1S/C35H34N6O3/c1-23-5-3-7-27(19-23)37-35(44)38-28-8-4-6-24(20-28)33(42)25-9-14-30-31(34(43)39-32(30)21-25)22-36-26-10-12-29(13-11-26)41-17-15-40(2)16-18-41/h3-14,19-22,36H,15-18H2,1-2H3,(H,39,43)(H2,37,38,44)/b31-22+. The minimum absolute atomic E-state index is 0.221. The highest BCUT2D eigenvalue weighted by Gasteiger charge is 2.25. The molecule has 0 radical (unpaired) electrons. The molecule has 0 aromatic heterocycles. The van der Waals surface area contributed by atoms with Crippen molar-refractivity contribution in [3.8, 4) is 0 Å². The highest BCUT2D eigenvalue weighted by atomic mass is 16.2. The maximum Gasteiger partial charge on any atom is 0.323 e. The lowest BCUT2D eigenvalue weighted by Crippen LogP contribution is -2.44. The van der Waals surface area contributed by atoms with Gasteiger partial charge in [-0.25, -0.2) is 4.79 Å². The molecule has 9 nitrogen and oxygen atoms in total. The maximum absolute atomic E-state index is 13.4. The Bertz CT molecular complexity index is 1760. The molecule has 9 heteroatoms. The third-order valence-electron chi connectivity index (χ3n) is 7.84. The lowest BCUT2D eigenvalue weighted by Gasteiger charge is -2.34. The lowest BCUT2D eigenvalue weighted by molar-refractivity contribution is -0.110. The number of likely N-dealkylation sites (N-methyl/N-ethyl adjacent to an activating group) is 1. The van der Waals surface area contributed by atoms with Crippen LogP contribution in [0.25, 0.3) is 5.57 Å². The number of hydrogen-bond donors (Lipinski definition) is 4. The predicted molar refractivity (Wildman–Crippen MR) is 177 cm³/mol. The number of carbonyl (C=O) groups excluding carboxylic acids is 3. The van der Waals surface area contributed by atoms with E-state index in [2.05, 4.69) is 50.2 Å². The van der Waals surface area contributed by atoms with Crippen molar-refractivity contribution in [1.82, 2.24) is 4.90 Å². The van der Waals surface area contributed by atoms with Gasteiger partial charge in [0.05, 0.1) is 5.57 Å². The first-order valence-electron chi connectivity index (χ1n) is 14.6. The molecule has 2 aliphatic rings. The fourth-order valence-electron chi connectivity index (χ4n) is 5.39. The Morgan fingerprint density at radius 3 is 2.18 bits per heavy atom. The van der Waals surface area contributed by atoms with Gasteiger partial charge in [0.25, 0.3) is 5.91 Å². The highest BCUT2D eigenvalue weighted by Crippen LogP contribution is 2.33. The van der Waals surface area contributed by atoms with Crippen LogP contribution in [0.5, 0.6) is 0 Å². The number of rotatable bonds is 7. The zero-order valence-corrected chi connectivity index (χ0v) is 24.7. The Kier molecular flexibility index (Phi) is 8.12. The summed E-state index contributed by atoms with van der Waals surface area (Å²) in [6, 6.07) is 27.2. The molecule has 1 saturated heterocycles. The molecule has 2 aliphatic heterocycles. The van der Waals surface area contributed by atoms with Crippen LogP contribution in [0.4, 0.5) is 33.2 Å². The van der Waals surface area contributed by atoms with E-state index in [1.807, 2.05) is 43.3 Å². The Morgan fingerprint density at radius 1 is 0.773 bits per heavy atom. The molecule has 0 bridgehead atoms. The summed E-state index contributed by atoms with van der Waals surface area (Å²) >= 11 is 0. The fraction of sp³-hybridized carbons (Fsp3) is 0.171. The monoisotopic (exact) mass is 586 g/mol. The largest absolute Gasteiger partial charge is 0.369 e. The molecule has 2 heterocycles. The summed E-state index contributed by atoms with van der Waals surface area (Å²) in [5.74, 6) is -0.460. The van der Waals surface area contributed by atoms with Crippen molar-refractivity contribution in [3.63, 3.8) is 0 Å². The van der Waals surface area contributed by atoms with Crippen LogP contribution in [0.3, 0.4) is 0 Å². The van der Waals surface area contributed by atoms with Crippen LogP contribution in [-0.2, 0) is 4.79 Å². The number of amides is 3. The molecule has 0 spiro atoms. The predicted octanol–water partition coefficient (Wildman–Crippen LogP) is 6.03. The third kappa shape index (κ3) is 6.48. The highest BCUT2D eigenvalue weighted by molar-refractivity contribution is 6.32. The van der Waals surface area contributed by atoms with Gasteiger partial charge in [-0.05, 0) is 74.1 Å². The molecule has 0 unspecified atom stereocenters. The summed E-state index contributed by atoms with van der Waals surface area (Å²) in [7, 11) is 2.14. The van der Waals surface area contributed by atoms with E-state index in [-0.39, 0.29) is 11.7 Å². The number of aryl methyl sites for hydroxylation is 1. The Labute approximate surface area is 256 Å². The zero-order chi connectivity index (χ0) is 30.6. The Morgan fingerprint density at radius 2 is 1.45 bits per heavy atom. The van der Waals surface area contributed by atoms with Gasteiger partial charge in [0.2, 0.25) is 0 Å². The second-order valence-corrected chi connectivity index (χ2v) is 11.1. The van der Waals surface area contributed by atoms with E-state index in [1.165, 1.54) is 5.69 Å². The number of carbonyl (C=O) groups is 3. The SMILES string of the molecule is Cc1cccc(NC(=O)Nc2cccc(C(=O)c3ccc4c(c3)NC(=O)/C4=C/Nc3ccc(N4CCN(C)CC4)cc3)c2)c1. The first-order valence-corrected chi connectivity index (χ1v) is 14.6. The fourth-order valence-corrected chi connectivity index (χ4v) is 5.39. The van der Waals surface area contributed by atoms with Crippen molar-refractivity contribution < 1.29 is 14.4 Å². The normalized spacial score (nSPS) is 15.5. The van der Waals surface area contributed by atoms with Crippen molar-refractivity contribution in [2.24, 2.45) is 0 Å². The first-order chi connectivity index (χ1) is 21.3. The summed E-state index contributed by atoms with van der Waals surface area (Å²) in [6.07, 6.45) is 1.70. The van der Waals surface area contributed by atoms with Gasteiger partial charge < -0.3 is 31.1 Å². The van der Waals surface area contributed by atoms with Gasteiger partial charge in [0, 0.05) is 77.5 Å². The van der Waals surface area contributed by atoms with E-state index in [9.17, 15) is 14.4 Å². The third-order valence-corrected chi connectivity index (χ3v) is 7.84. The lowest BCUT2D eigenvalue weighted by atomic mass is 9.99. The second-order valence-electron chi connectivity index (χ2n) is 11.1. The van der Waals surface area contributed by atoms with Crippen LogP contribution in [0, 0.1) is 6.92 Å². The van der Waals surface area contributed by atoms with Crippen molar-refractivity contribution in [1.29, 1.82) is 0 Å². The van der Waals surface area contributed by atoms with Gasteiger partial charge in [-0.15, -0.1) is 0 Å². The van der Waals surface area contributed by atoms with Crippen molar-refractivity contribution >= 4 is 51.7 Å². The molecule has 4 aromatic carbocycles. The van der Waals surface area contributed by atoms with Crippen LogP contribution < -0.4 is 26.2 Å². The molecule has 44 heavy (non-hydrogen) atoms. The minimum Gasteiger partial charge on any atom is -0.369 e. The van der Waals surface area contributed by atoms with Gasteiger partial charge in [-0.3, -0.25) is 9.59 Å². The van der Waals surface area contributed by atoms with E-state index >= 15 is 0 Å². The number of fused-ring (bicyclic) bond motifs is 1. The Balaban J connectivity index is 1.11. The number of anilines is 5. The summed E-state index contributed by atoms with van der Waals surface area (Å²) in [6.45, 7) is 6.05. The summed E-state index contributed by atoms with van der Waals surface area (Å²) in [5.41, 5.74) is 6.90. The summed E-state index contributed by atoms with van der Waals surface area (Å²) in [5, 5.41) is 11.7. The molecule has 4 aromatic rings. The molecule has 222 valence electrons. The smallest absolute Gasteiger partial charge is 0.323 e. The number of nitrogens with zero attached hydrogens (tertiary/aromatic N) is 2. The number of benzene rings is 4. The van der Waals surface area contributed by atoms with Crippen molar-refractivity contribution in [2.45, 2.75) is 6.92 Å². The maximum atomic E-state index is 13.4. The van der Waals surface area contributed by atoms with E-state index in [1.54, 1.807) is 48.7 Å².